The zero-order valence-corrected chi connectivity index (χ0v) is 9.44. The molecule has 58 valence electrons. The summed E-state index contributed by atoms with van der Waals surface area (Å²) in [5.41, 5.74) is 0. The summed E-state index contributed by atoms with van der Waals surface area (Å²) in [6.07, 6.45) is 1.07. The van der Waals surface area contributed by atoms with Gasteiger partial charge in [0, 0.05) is 0 Å². The van der Waals surface area contributed by atoms with Crippen LogP contribution in [0.1, 0.15) is 6.92 Å². The van der Waals surface area contributed by atoms with E-state index in [-0.39, 0.29) is 0 Å². The van der Waals surface area contributed by atoms with E-state index in [4.69, 9.17) is 0 Å². The second kappa shape index (κ2) is 3.19. The molecule has 0 heterocycles. The molecule has 0 aliphatic heterocycles. The summed E-state index contributed by atoms with van der Waals surface area (Å²) in [6, 6.07) is 0. The topological polar surface area (TPSA) is 0 Å². The van der Waals surface area contributed by atoms with E-state index in [2.05, 4.69) is 48.7 Å². The maximum atomic E-state index is 3.83. The van der Waals surface area contributed by atoms with Gasteiger partial charge in [0.1, 0.15) is 0 Å². The first-order valence-corrected chi connectivity index (χ1v) is 8.61. The standard InChI is InChI=1S/C8H14IP/c1-5-10(9,6-2,7-3)8-4/h5-7H,1-3,8H2,4H3. The van der Waals surface area contributed by atoms with Crippen molar-refractivity contribution in [3.05, 3.63) is 37.2 Å². The van der Waals surface area contributed by atoms with Crippen molar-refractivity contribution >= 4 is 26.3 Å². The van der Waals surface area contributed by atoms with E-state index in [1.807, 2.05) is 17.5 Å². The molecule has 0 aromatic heterocycles. The van der Waals surface area contributed by atoms with Gasteiger partial charge < -0.3 is 0 Å². The van der Waals surface area contributed by atoms with Crippen LogP contribution in [0, 0.1) is 0 Å². The minimum absolute atomic E-state index is 1.07. The van der Waals surface area contributed by atoms with Crippen molar-refractivity contribution in [2.75, 3.05) is 6.16 Å². The SMILES string of the molecule is C=CP(I)(C=C)(C=C)CC. The summed E-state index contributed by atoms with van der Waals surface area (Å²) in [5.74, 6) is 6.02. The molecule has 0 aliphatic rings. The van der Waals surface area contributed by atoms with E-state index in [1.54, 1.807) is 0 Å². The van der Waals surface area contributed by atoms with Gasteiger partial charge >= 0.3 is 76.6 Å². The van der Waals surface area contributed by atoms with Crippen molar-refractivity contribution in [3.8, 4) is 0 Å². The Labute approximate surface area is 76.5 Å². The number of hydrogen-bond donors (Lipinski definition) is 0. The van der Waals surface area contributed by atoms with E-state index >= 15 is 0 Å². The summed E-state index contributed by atoms with van der Waals surface area (Å²) in [4.78, 5) is 0. The Hall–Kier alpha value is 0.380. The Morgan fingerprint density at radius 2 is 1.50 bits per heavy atom. The third-order valence-corrected chi connectivity index (χ3v) is 11.3. The van der Waals surface area contributed by atoms with Crippen molar-refractivity contribution in [3.63, 3.8) is 0 Å². The first-order chi connectivity index (χ1) is 4.54. The fourth-order valence-corrected chi connectivity index (χ4v) is 1.83. The first-order valence-electron chi connectivity index (χ1n) is 3.19. The van der Waals surface area contributed by atoms with Crippen molar-refractivity contribution in [1.29, 1.82) is 0 Å². The van der Waals surface area contributed by atoms with E-state index in [0.717, 1.165) is 6.16 Å². The normalized spacial score (nSPS) is 14.8. The maximum absolute atomic E-state index is 3.83. The fourth-order valence-electron chi connectivity index (χ4n) is 0.611. The number of halogens is 1. The molecule has 2 heteroatoms. The molecule has 0 saturated carbocycles. The third kappa shape index (κ3) is 1.70. The van der Waals surface area contributed by atoms with Crippen LogP contribution in [0.2, 0.25) is 0 Å². The molecule has 0 rings (SSSR count). The van der Waals surface area contributed by atoms with Gasteiger partial charge in [0.25, 0.3) is 0 Å². The van der Waals surface area contributed by atoms with Gasteiger partial charge in [-0.15, -0.1) is 0 Å². The average Bonchev–Trinajstić information content (AvgIpc) is 2.04. The van der Waals surface area contributed by atoms with Crippen LogP contribution >= 0.6 is 26.3 Å². The van der Waals surface area contributed by atoms with E-state index in [1.165, 1.54) is 0 Å². The van der Waals surface area contributed by atoms with Crippen LogP contribution in [0.25, 0.3) is 0 Å². The second-order valence-corrected chi connectivity index (χ2v) is 13.9. The summed E-state index contributed by atoms with van der Waals surface area (Å²) in [6.45, 7) is 13.6. The van der Waals surface area contributed by atoms with Gasteiger partial charge in [-0.3, -0.25) is 0 Å². The molecule has 0 aliphatic carbocycles. The number of hydrogen-bond acceptors (Lipinski definition) is 0. The van der Waals surface area contributed by atoms with Crippen LogP contribution < -0.4 is 0 Å². The minimum atomic E-state index is -1.89. The zero-order chi connectivity index (χ0) is 8.28. The van der Waals surface area contributed by atoms with Crippen LogP contribution in [-0.2, 0) is 0 Å². The number of rotatable bonds is 4. The predicted molar refractivity (Wildman–Crippen MR) is 62.1 cm³/mol. The molecule has 0 aromatic carbocycles. The van der Waals surface area contributed by atoms with Gasteiger partial charge in [-0.25, -0.2) is 0 Å². The van der Waals surface area contributed by atoms with E-state index in [0.29, 0.717) is 0 Å². The van der Waals surface area contributed by atoms with Crippen LogP contribution in [-0.4, -0.2) is 6.16 Å². The van der Waals surface area contributed by atoms with Crippen LogP contribution in [0.4, 0.5) is 0 Å². The van der Waals surface area contributed by atoms with Crippen LogP contribution in [0.15, 0.2) is 37.2 Å². The molecule has 0 saturated heterocycles. The fraction of sp³-hybridized carbons (Fsp3) is 0.250. The Balaban J connectivity index is 4.96. The Bertz CT molecular complexity index is 148. The van der Waals surface area contributed by atoms with Gasteiger partial charge in [-0.1, -0.05) is 0 Å². The summed E-state index contributed by atoms with van der Waals surface area (Å²) >= 11 is 2.44. The van der Waals surface area contributed by atoms with Crippen molar-refractivity contribution in [2.45, 2.75) is 6.92 Å². The van der Waals surface area contributed by atoms with Crippen molar-refractivity contribution < 1.29 is 0 Å². The van der Waals surface area contributed by atoms with Gasteiger partial charge in [-0.2, -0.15) is 0 Å². The quantitative estimate of drug-likeness (QED) is 0.525. The molecule has 0 atom stereocenters. The second-order valence-electron chi connectivity index (χ2n) is 2.27. The Morgan fingerprint density at radius 3 is 1.50 bits per heavy atom. The van der Waals surface area contributed by atoms with E-state index < -0.39 is 4.25 Å². The van der Waals surface area contributed by atoms with Gasteiger partial charge in [0.2, 0.25) is 0 Å². The zero-order valence-electron chi connectivity index (χ0n) is 6.39. The molecule has 0 aromatic rings. The Kier molecular flexibility index (Phi) is 3.31. The molecule has 0 amide bonds. The molecule has 0 unspecified atom stereocenters. The Morgan fingerprint density at radius 1 is 1.20 bits per heavy atom. The van der Waals surface area contributed by atoms with Crippen LogP contribution in [0.3, 0.4) is 0 Å². The molecule has 0 nitrogen and oxygen atoms in total. The molecular weight excluding hydrogens is 254 g/mol. The summed E-state index contributed by atoms with van der Waals surface area (Å²) < 4.78 is -1.89. The molecule has 0 bridgehead atoms. The molecule has 0 fully saturated rings. The first kappa shape index (κ1) is 10.4. The molecule has 0 radical (unpaired) electrons. The molecular formula is C8H14IP. The van der Waals surface area contributed by atoms with E-state index in [9.17, 15) is 0 Å². The summed E-state index contributed by atoms with van der Waals surface area (Å²) in [7, 11) is 0. The van der Waals surface area contributed by atoms with Crippen molar-refractivity contribution in [1.82, 2.24) is 0 Å². The van der Waals surface area contributed by atoms with Crippen LogP contribution in [0.5, 0.6) is 0 Å². The van der Waals surface area contributed by atoms with Crippen molar-refractivity contribution in [2.24, 2.45) is 0 Å². The van der Waals surface area contributed by atoms with Gasteiger partial charge in [-0.05, 0) is 0 Å². The monoisotopic (exact) mass is 268 g/mol. The molecule has 0 spiro atoms. The van der Waals surface area contributed by atoms with Gasteiger partial charge in [0.15, 0.2) is 0 Å². The average molecular weight is 268 g/mol. The third-order valence-electron chi connectivity index (χ3n) is 1.89. The molecule has 10 heavy (non-hydrogen) atoms. The summed E-state index contributed by atoms with van der Waals surface area (Å²) in [5, 5.41) is 0. The molecule has 0 N–H and O–H groups in total. The predicted octanol–water partition coefficient (Wildman–Crippen LogP) is 4.34. The van der Waals surface area contributed by atoms with Gasteiger partial charge in [0.05, 0.1) is 0 Å².